The maximum absolute atomic E-state index is 12.9. The number of hydrogen-bond acceptors (Lipinski definition) is 7. The van der Waals surface area contributed by atoms with Gasteiger partial charge in [-0.3, -0.25) is 0 Å². The summed E-state index contributed by atoms with van der Waals surface area (Å²) in [5, 5.41) is 2.78. The highest BCUT2D eigenvalue weighted by atomic mass is 16.6. The number of esters is 1. The minimum absolute atomic E-state index is 0.135. The highest BCUT2D eigenvalue weighted by Gasteiger charge is 2.24. The van der Waals surface area contributed by atoms with Gasteiger partial charge in [-0.15, -0.1) is 0 Å². The predicted molar refractivity (Wildman–Crippen MR) is 130 cm³/mol. The smallest absolute Gasteiger partial charge is 0.407 e. The number of rotatable bonds is 8. The first-order valence-corrected chi connectivity index (χ1v) is 11.2. The number of nitrogen functional groups attached to an aromatic ring is 1. The summed E-state index contributed by atoms with van der Waals surface area (Å²) in [6.45, 7) is 8.36. The minimum atomic E-state index is -0.570. The summed E-state index contributed by atoms with van der Waals surface area (Å²) in [6.07, 6.45) is 1.69. The first kappa shape index (κ1) is 24.8. The number of amides is 1. The van der Waals surface area contributed by atoms with Crippen molar-refractivity contribution in [3.63, 3.8) is 0 Å². The number of ether oxygens (including phenoxy) is 2. The van der Waals surface area contributed by atoms with Crippen molar-refractivity contribution < 1.29 is 19.1 Å². The number of anilines is 1. The number of nitrogens with zero attached hydrogens (tertiary/aromatic N) is 3. The lowest BCUT2D eigenvalue weighted by Gasteiger charge is -2.20. The van der Waals surface area contributed by atoms with Crippen molar-refractivity contribution in [1.82, 2.24) is 19.9 Å². The zero-order valence-electron chi connectivity index (χ0n) is 20.0. The van der Waals surface area contributed by atoms with Gasteiger partial charge in [0, 0.05) is 19.3 Å². The van der Waals surface area contributed by atoms with Gasteiger partial charge in [0.25, 0.3) is 0 Å². The van der Waals surface area contributed by atoms with E-state index >= 15 is 0 Å². The molecule has 0 fully saturated rings. The van der Waals surface area contributed by atoms with Crippen molar-refractivity contribution in [2.24, 2.45) is 0 Å². The van der Waals surface area contributed by atoms with E-state index in [-0.39, 0.29) is 12.6 Å². The van der Waals surface area contributed by atoms with Crippen LogP contribution in [0, 0.1) is 0 Å². The van der Waals surface area contributed by atoms with Gasteiger partial charge >= 0.3 is 12.1 Å². The average Bonchev–Trinajstić information content (AvgIpc) is 3.16. The van der Waals surface area contributed by atoms with E-state index in [2.05, 4.69) is 15.3 Å². The van der Waals surface area contributed by atoms with Crippen LogP contribution in [0.1, 0.15) is 44.5 Å². The molecule has 3 rings (SSSR count). The molecule has 0 radical (unpaired) electrons. The lowest BCUT2D eigenvalue weighted by molar-refractivity contribution is 0.0517. The fourth-order valence-electron chi connectivity index (χ4n) is 3.52. The van der Waals surface area contributed by atoms with Gasteiger partial charge in [-0.2, -0.15) is 0 Å². The summed E-state index contributed by atoms with van der Waals surface area (Å²) in [6, 6.07) is 13.1. The van der Waals surface area contributed by atoms with Crippen molar-refractivity contribution in [1.29, 1.82) is 0 Å². The predicted octanol–water partition coefficient (Wildman–Crippen LogP) is 4.29. The van der Waals surface area contributed by atoms with E-state index in [1.165, 1.54) is 0 Å². The van der Waals surface area contributed by atoms with E-state index < -0.39 is 17.7 Å². The second-order valence-electron chi connectivity index (χ2n) is 8.61. The Morgan fingerprint density at radius 1 is 1.15 bits per heavy atom. The Morgan fingerprint density at radius 3 is 2.53 bits per heavy atom. The van der Waals surface area contributed by atoms with Crippen LogP contribution in [-0.2, 0) is 16.0 Å². The highest BCUT2D eigenvalue weighted by Crippen LogP contribution is 2.33. The average molecular weight is 466 g/mol. The molecular weight excluding hydrogens is 434 g/mol. The Balaban J connectivity index is 1.99. The Hall–Kier alpha value is -3.88. The Labute approximate surface area is 199 Å². The van der Waals surface area contributed by atoms with Crippen LogP contribution in [0.3, 0.4) is 0 Å². The van der Waals surface area contributed by atoms with Crippen molar-refractivity contribution >= 4 is 18.0 Å². The van der Waals surface area contributed by atoms with Crippen LogP contribution in [0.2, 0.25) is 0 Å². The number of carbonyl (C=O) groups is 2. The van der Waals surface area contributed by atoms with Crippen LogP contribution in [0.5, 0.6) is 0 Å². The van der Waals surface area contributed by atoms with Crippen LogP contribution in [-0.4, -0.2) is 45.4 Å². The number of benzene rings is 1. The molecule has 0 atom stereocenters. The van der Waals surface area contributed by atoms with E-state index in [9.17, 15) is 9.59 Å². The van der Waals surface area contributed by atoms with Crippen LogP contribution < -0.4 is 11.1 Å². The topological polar surface area (TPSA) is 121 Å². The maximum atomic E-state index is 12.9. The fraction of sp³-hybridized carbons (Fsp3) is 0.360. The minimum Gasteiger partial charge on any atom is -0.462 e. The summed E-state index contributed by atoms with van der Waals surface area (Å²) in [4.78, 5) is 33.2. The molecule has 9 nitrogen and oxygen atoms in total. The molecule has 3 aromatic rings. The van der Waals surface area contributed by atoms with Crippen molar-refractivity contribution in [3.05, 3.63) is 54.2 Å². The van der Waals surface area contributed by atoms with Crippen LogP contribution >= 0.6 is 0 Å². The molecule has 2 heterocycles. The van der Waals surface area contributed by atoms with Crippen LogP contribution in [0.15, 0.2) is 48.7 Å². The number of nitrogens with two attached hydrogens (primary N) is 1. The molecule has 3 N–H and O–H groups in total. The molecule has 0 aliphatic rings. The molecule has 0 unspecified atom stereocenters. The van der Waals surface area contributed by atoms with E-state index in [1.54, 1.807) is 25.3 Å². The van der Waals surface area contributed by atoms with E-state index in [4.69, 9.17) is 15.2 Å². The molecule has 0 spiro atoms. The molecule has 2 aromatic heterocycles. The molecular formula is C25H31N5O4. The third-order valence-electron chi connectivity index (χ3n) is 4.80. The quantitative estimate of drug-likeness (QED) is 0.376. The Bertz CT molecular complexity index is 1140. The summed E-state index contributed by atoms with van der Waals surface area (Å²) < 4.78 is 12.6. The first-order valence-electron chi connectivity index (χ1n) is 11.2. The van der Waals surface area contributed by atoms with Crippen LogP contribution in [0.4, 0.5) is 10.7 Å². The largest absolute Gasteiger partial charge is 0.462 e. The lowest BCUT2D eigenvalue weighted by Crippen LogP contribution is -2.33. The highest BCUT2D eigenvalue weighted by molar-refractivity contribution is 5.98. The second-order valence-corrected chi connectivity index (χ2v) is 8.61. The lowest BCUT2D eigenvalue weighted by atomic mass is 10.1. The molecule has 0 aliphatic heterocycles. The van der Waals surface area contributed by atoms with Crippen LogP contribution in [0.25, 0.3) is 22.6 Å². The Morgan fingerprint density at radius 2 is 1.88 bits per heavy atom. The zero-order valence-corrected chi connectivity index (χ0v) is 20.0. The van der Waals surface area contributed by atoms with Gasteiger partial charge in [-0.05, 0) is 51.8 Å². The molecule has 0 saturated heterocycles. The molecule has 0 bridgehead atoms. The molecule has 34 heavy (non-hydrogen) atoms. The maximum Gasteiger partial charge on any atom is 0.407 e. The number of nitrogens with one attached hydrogen (secondary N) is 1. The summed E-state index contributed by atoms with van der Waals surface area (Å²) in [5.41, 5.74) is 8.55. The number of hydrogen-bond donors (Lipinski definition) is 2. The van der Waals surface area contributed by atoms with Gasteiger partial charge in [0.2, 0.25) is 5.95 Å². The van der Waals surface area contributed by atoms with Gasteiger partial charge in [0.15, 0.2) is 0 Å². The normalized spacial score (nSPS) is 11.2. The van der Waals surface area contributed by atoms with Gasteiger partial charge < -0.3 is 25.1 Å². The van der Waals surface area contributed by atoms with Gasteiger partial charge in [0.1, 0.15) is 5.60 Å². The standard InChI is InChI=1S/C25H31N5O4/c1-5-33-22(31)18-16-20(19-12-14-27-23(26)29-19)30(21(18)17-10-7-6-8-11-17)15-9-13-28-24(32)34-25(2,3)4/h6-8,10-12,14,16H,5,9,13,15H2,1-4H3,(H,28,32)(H2,26,27,29). The van der Waals surface area contributed by atoms with E-state index in [0.29, 0.717) is 42.2 Å². The van der Waals surface area contributed by atoms with Gasteiger partial charge in [-0.25, -0.2) is 19.6 Å². The first-order chi connectivity index (χ1) is 16.2. The number of carbonyl (C=O) groups excluding carboxylic acids is 2. The molecule has 0 aliphatic carbocycles. The molecule has 0 saturated carbocycles. The third kappa shape index (κ3) is 6.34. The Kier molecular flexibility index (Phi) is 7.88. The fourth-order valence-corrected chi connectivity index (χ4v) is 3.52. The van der Waals surface area contributed by atoms with E-state index in [0.717, 1.165) is 5.56 Å². The van der Waals surface area contributed by atoms with E-state index in [1.807, 2.05) is 55.7 Å². The zero-order chi connectivity index (χ0) is 24.7. The van der Waals surface area contributed by atoms with Gasteiger partial charge in [0.05, 0.1) is 29.3 Å². The number of aromatic nitrogens is 3. The third-order valence-corrected chi connectivity index (χ3v) is 4.80. The molecule has 9 heteroatoms. The van der Waals surface area contributed by atoms with Crippen molar-refractivity contribution in [3.8, 4) is 22.6 Å². The SMILES string of the molecule is CCOC(=O)c1cc(-c2ccnc(N)n2)n(CCCNC(=O)OC(C)(C)C)c1-c1ccccc1. The molecule has 1 amide bonds. The number of alkyl carbamates (subject to hydrolysis) is 1. The molecule has 1 aromatic carbocycles. The van der Waals surface area contributed by atoms with Gasteiger partial charge in [-0.1, -0.05) is 30.3 Å². The summed E-state index contributed by atoms with van der Waals surface area (Å²) >= 11 is 0. The van der Waals surface area contributed by atoms with Crippen molar-refractivity contribution in [2.45, 2.75) is 46.3 Å². The summed E-state index contributed by atoms with van der Waals surface area (Å²) in [5.74, 6) is -0.286. The summed E-state index contributed by atoms with van der Waals surface area (Å²) in [7, 11) is 0. The van der Waals surface area contributed by atoms with Crippen molar-refractivity contribution in [2.75, 3.05) is 18.9 Å². The molecule has 180 valence electrons. The second kappa shape index (κ2) is 10.8. The monoisotopic (exact) mass is 465 g/mol.